The number of amides is 1. The Kier molecular flexibility index (Phi) is 6.12. The molecule has 1 aliphatic rings. The van der Waals surface area contributed by atoms with Crippen LogP contribution in [0.25, 0.3) is 0 Å². The summed E-state index contributed by atoms with van der Waals surface area (Å²) >= 11 is 6.52. The maximum absolute atomic E-state index is 12.8. The monoisotopic (exact) mass is 418 g/mol. The number of carboxylic acids is 1. The van der Waals surface area contributed by atoms with Crippen molar-refractivity contribution in [2.75, 3.05) is 31.6 Å². The molecule has 0 spiro atoms. The van der Waals surface area contributed by atoms with Gasteiger partial charge in [-0.25, -0.2) is 4.79 Å². The van der Waals surface area contributed by atoms with E-state index in [1.54, 1.807) is 43.0 Å². The molecule has 0 aliphatic carbocycles. The third-order valence-corrected chi connectivity index (χ3v) is 5.13. The van der Waals surface area contributed by atoms with E-state index in [0.29, 0.717) is 48.8 Å². The van der Waals surface area contributed by atoms with E-state index in [-0.39, 0.29) is 16.5 Å². The Balaban J connectivity index is 1.95. The summed E-state index contributed by atoms with van der Waals surface area (Å²) < 4.78 is 5.29. The van der Waals surface area contributed by atoms with E-state index in [9.17, 15) is 19.8 Å². The van der Waals surface area contributed by atoms with Crippen molar-refractivity contribution in [3.8, 4) is 0 Å². The Morgan fingerprint density at radius 3 is 2.45 bits per heavy atom. The summed E-state index contributed by atoms with van der Waals surface area (Å²) in [7, 11) is 0. The molecule has 0 atom stereocenters. The lowest BCUT2D eigenvalue weighted by Gasteiger charge is -2.27. The van der Waals surface area contributed by atoms with E-state index < -0.39 is 11.6 Å². The van der Waals surface area contributed by atoms with E-state index in [1.165, 1.54) is 12.1 Å². The molecule has 1 heterocycles. The molecule has 2 aromatic carbocycles. The molecule has 1 fully saturated rings. The smallest absolute Gasteiger partial charge is 0.335 e. The summed E-state index contributed by atoms with van der Waals surface area (Å²) in [6.07, 6.45) is 0. The van der Waals surface area contributed by atoms with E-state index in [4.69, 9.17) is 16.3 Å². The number of hydrogen-bond acceptors (Lipinski definition) is 5. The highest BCUT2D eigenvalue weighted by atomic mass is 35.5. The number of hydrogen-bond donors (Lipinski definition) is 3. The first-order chi connectivity index (χ1) is 13.7. The fourth-order valence-electron chi connectivity index (χ4n) is 3.17. The van der Waals surface area contributed by atoms with Crippen LogP contribution in [0.2, 0.25) is 5.02 Å². The minimum atomic E-state index is -1.29. The number of anilines is 2. The quantitative estimate of drug-likeness (QED) is 0.687. The van der Waals surface area contributed by atoms with Gasteiger partial charge in [-0.2, -0.15) is 0 Å². The van der Waals surface area contributed by atoms with Crippen LogP contribution in [0.15, 0.2) is 36.4 Å². The molecule has 154 valence electrons. The van der Waals surface area contributed by atoms with Gasteiger partial charge in [0.25, 0.3) is 5.91 Å². The molecule has 7 nitrogen and oxygen atoms in total. The maximum atomic E-state index is 12.8. The van der Waals surface area contributed by atoms with Crippen molar-refractivity contribution in [2.24, 2.45) is 0 Å². The van der Waals surface area contributed by atoms with Gasteiger partial charge >= 0.3 is 5.97 Å². The summed E-state index contributed by atoms with van der Waals surface area (Å²) in [5, 5.41) is 23.1. The molecule has 8 heteroatoms. The topological polar surface area (TPSA) is 99.1 Å². The molecule has 0 radical (unpaired) electrons. The van der Waals surface area contributed by atoms with Crippen molar-refractivity contribution < 1.29 is 24.5 Å². The Bertz CT molecular complexity index is 933. The average Bonchev–Trinajstić information content (AvgIpc) is 2.69. The molecule has 3 rings (SSSR count). The van der Waals surface area contributed by atoms with Crippen molar-refractivity contribution in [3.63, 3.8) is 0 Å². The summed E-state index contributed by atoms with van der Waals surface area (Å²) in [6.45, 7) is 5.13. The van der Waals surface area contributed by atoms with Crippen LogP contribution in [-0.4, -0.2) is 53.3 Å². The van der Waals surface area contributed by atoms with Crippen LogP contribution in [0.1, 0.15) is 40.1 Å². The fraction of sp³-hybridized carbons (Fsp3) is 0.333. The van der Waals surface area contributed by atoms with Gasteiger partial charge in [-0.15, -0.1) is 0 Å². The van der Waals surface area contributed by atoms with Gasteiger partial charge in [0, 0.05) is 24.3 Å². The van der Waals surface area contributed by atoms with Gasteiger partial charge in [0.15, 0.2) is 0 Å². The number of ether oxygens (including phenoxy) is 1. The zero-order valence-electron chi connectivity index (χ0n) is 16.2. The van der Waals surface area contributed by atoms with E-state index in [0.717, 1.165) is 0 Å². The molecule has 0 unspecified atom stereocenters. The van der Waals surface area contributed by atoms with Crippen molar-refractivity contribution in [1.29, 1.82) is 0 Å². The highest BCUT2D eigenvalue weighted by molar-refractivity contribution is 6.36. The summed E-state index contributed by atoms with van der Waals surface area (Å²) in [6, 6.07) is 9.53. The molecule has 3 N–H and O–H groups in total. The zero-order chi connectivity index (χ0) is 21.2. The molecule has 0 bridgehead atoms. The number of aliphatic hydroxyl groups is 1. The molecule has 1 amide bonds. The van der Waals surface area contributed by atoms with Crippen molar-refractivity contribution in [1.82, 2.24) is 4.90 Å². The molecular weight excluding hydrogens is 396 g/mol. The number of halogens is 1. The Morgan fingerprint density at radius 1 is 1.14 bits per heavy atom. The Labute approximate surface area is 173 Å². The number of rotatable bonds is 5. The van der Waals surface area contributed by atoms with Gasteiger partial charge in [-0.3, -0.25) is 4.79 Å². The third-order valence-electron chi connectivity index (χ3n) is 4.72. The SMILES string of the molecule is CC(C)(O)c1cc(C(=O)O)ccc1Nc1cccc(C(=O)N2CCOCC2)c1Cl. The number of carbonyl (C=O) groups is 2. The van der Waals surface area contributed by atoms with Gasteiger partial charge in [0.2, 0.25) is 0 Å². The molecule has 29 heavy (non-hydrogen) atoms. The zero-order valence-corrected chi connectivity index (χ0v) is 17.0. The van der Waals surface area contributed by atoms with Crippen LogP contribution >= 0.6 is 11.6 Å². The van der Waals surface area contributed by atoms with E-state index >= 15 is 0 Å². The van der Waals surface area contributed by atoms with Gasteiger partial charge in [0.1, 0.15) is 0 Å². The van der Waals surface area contributed by atoms with Crippen LogP contribution in [0.5, 0.6) is 0 Å². The normalized spacial score (nSPS) is 14.6. The van der Waals surface area contributed by atoms with Crippen molar-refractivity contribution in [2.45, 2.75) is 19.4 Å². The largest absolute Gasteiger partial charge is 0.478 e. The molecule has 1 saturated heterocycles. The van der Waals surface area contributed by atoms with E-state index in [2.05, 4.69) is 5.32 Å². The fourth-order valence-corrected chi connectivity index (χ4v) is 3.42. The average molecular weight is 419 g/mol. The van der Waals surface area contributed by atoms with E-state index in [1.807, 2.05) is 0 Å². The predicted octanol–water partition coefficient (Wildman–Crippen LogP) is 3.48. The lowest BCUT2D eigenvalue weighted by atomic mass is 9.94. The lowest BCUT2D eigenvalue weighted by Crippen LogP contribution is -2.40. The number of carboxylic acid groups (broad SMARTS) is 1. The number of nitrogens with one attached hydrogen (secondary N) is 1. The minimum Gasteiger partial charge on any atom is -0.478 e. The second kappa shape index (κ2) is 8.41. The van der Waals surface area contributed by atoms with Gasteiger partial charge in [-0.1, -0.05) is 17.7 Å². The Morgan fingerprint density at radius 2 is 1.83 bits per heavy atom. The van der Waals surface area contributed by atoms with Crippen LogP contribution in [0, 0.1) is 0 Å². The summed E-state index contributed by atoms with van der Waals surface area (Å²) in [5.41, 5.74) is 0.528. The summed E-state index contributed by atoms with van der Waals surface area (Å²) in [5.74, 6) is -1.26. The van der Waals surface area contributed by atoms with Crippen molar-refractivity contribution in [3.05, 3.63) is 58.1 Å². The minimum absolute atomic E-state index is 0.0648. The first kappa shape index (κ1) is 21.1. The highest BCUT2D eigenvalue weighted by Crippen LogP contribution is 2.35. The van der Waals surface area contributed by atoms with Crippen LogP contribution in [0.3, 0.4) is 0 Å². The third kappa shape index (κ3) is 4.70. The van der Waals surface area contributed by atoms with Gasteiger partial charge in [0.05, 0.1) is 40.7 Å². The number of nitrogens with zero attached hydrogens (tertiary/aromatic N) is 1. The van der Waals surface area contributed by atoms with Crippen molar-refractivity contribution >= 4 is 34.9 Å². The predicted molar refractivity (Wildman–Crippen MR) is 110 cm³/mol. The summed E-state index contributed by atoms with van der Waals surface area (Å²) in [4.78, 5) is 25.8. The van der Waals surface area contributed by atoms with Crippen LogP contribution in [-0.2, 0) is 10.3 Å². The molecule has 2 aromatic rings. The number of aromatic carboxylic acids is 1. The molecule has 0 aromatic heterocycles. The number of morpholine rings is 1. The highest BCUT2D eigenvalue weighted by Gasteiger charge is 2.24. The maximum Gasteiger partial charge on any atom is 0.335 e. The lowest BCUT2D eigenvalue weighted by molar-refractivity contribution is 0.0303. The standard InChI is InChI=1S/C21H23ClN2O5/c1-21(2,28)15-12-13(20(26)27)6-7-16(15)23-17-5-3-4-14(18(17)22)19(25)24-8-10-29-11-9-24/h3-7,12,23,28H,8-11H2,1-2H3,(H,26,27). The molecule has 0 saturated carbocycles. The first-order valence-corrected chi connectivity index (χ1v) is 9.59. The second-order valence-electron chi connectivity index (χ2n) is 7.32. The second-order valence-corrected chi connectivity index (χ2v) is 7.70. The molecular formula is C21H23ClN2O5. The van der Waals surface area contributed by atoms with Gasteiger partial charge in [-0.05, 0) is 44.2 Å². The Hall–Kier alpha value is -2.61. The molecule has 1 aliphatic heterocycles. The van der Waals surface area contributed by atoms with Crippen LogP contribution < -0.4 is 5.32 Å². The number of benzene rings is 2. The van der Waals surface area contributed by atoms with Gasteiger partial charge < -0.3 is 25.2 Å². The van der Waals surface area contributed by atoms with Crippen LogP contribution in [0.4, 0.5) is 11.4 Å². The number of carbonyl (C=O) groups excluding carboxylic acids is 1. The first-order valence-electron chi connectivity index (χ1n) is 9.21.